The lowest BCUT2D eigenvalue weighted by Crippen LogP contribution is -2.36. The van der Waals surface area contributed by atoms with Gasteiger partial charge >= 0.3 is 0 Å². The normalized spacial score (nSPS) is 11.0. The van der Waals surface area contributed by atoms with E-state index in [1.54, 1.807) is 23.1 Å². The highest BCUT2D eigenvalue weighted by atomic mass is 35.5. The zero-order valence-corrected chi connectivity index (χ0v) is 13.1. The summed E-state index contributed by atoms with van der Waals surface area (Å²) >= 11 is 7.39. The maximum absolute atomic E-state index is 12.6. The fourth-order valence-electron chi connectivity index (χ4n) is 2.05. The number of benzene rings is 1. The second kappa shape index (κ2) is 5.85. The number of amides is 1. The summed E-state index contributed by atoms with van der Waals surface area (Å²) in [6.45, 7) is 8.15. The van der Waals surface area contributed by atoms with Crippen LogP contribution in [0, 0.1) is 0 Å². The van der Waals surface area contributed by atoms with Gasteiger partial charge in [-0.1, -0.05) is 17.7 Å². The van der Waals surface area contributed by atoms with Gasteiger partial charge in [0.05, 0.1) is 5.69 Å². The smallest absolute Gasteiger partial charge is 0.266 e. The molecule has 2 N–H and O–H groups in total. The van der Waals surface area contributed by atoms with Crippen LogP contribution in [-0.2, 0) is 0 Å². The molecule has 0 aliphatic rings. The molecule has 0 atom stereocenters. The molecule has 0 saturated carbocycles. The van der Waals surface area contributed by atoms with Crippen molar-refractivity contribution in [2.75, 3.05) is 12.3 Å². The highest BCUT2D eigenvalue weighted by Gasteiger charge is 2.23. The number of nitrogens with two attached hydrogens (primary N) is 1. The average molecular weight is 309 g/mol. The highest BCUT2D eigenvalue weighted by molar-refractivity contribution is 7.21. The van der Waals surface area contributed by atoms with Crippen molar-refractivity contribution >= 4 is 44.6 Å². The Hall–Kier alpha value is -1.52. The van der Waals surface area contributed by atoms with E-state index in [1.165, 1.54) is 11.3 Å². The van der Waals surface area contributed by atoms with E-state index in [0.29, 0.717) is 22.1 Å². The molecular formula is C15H17ClN2OS. The molecule has 2 aromatic rings. The van der Waals surface area contributed by atoms with Gasteiger partial charge in [0, 0.05) is 27.7 Å². The van der Waals surface area contributed by atoms with Crippen molar-refractivity contribution in [3.05, 3.63) is 40.8 Å². The van der Waals surface area contributed by atoms with Crippen LogP contribution < -0.4 is 5.73 Å². The maximum Gasteiger partial charge on any atom is 0.266 e. The van der Waals surface area contributed by atoms with Crippen LogP contribution in [0.3, 0.4) is 0 Å². The molecule has 0 spiro atoms. The average Bonchev–Trinajstić information content (AvgIpc) is 2.72. The molecule has 5 heteroatoms. The summed E-state index contributed by atoms with van der Waals surface area (Å²) in [5.41, 5.74) is 6.63. The Morgan fingerprint density at radius 1 is 1.55 bits per heavy atom. The first kappa shape index (κ1) is 14.9. The van der Waals surface area contributed by atoms with Crippen LogP contribution in [0.5, 0.6) is 0 Å². The Morgan fingerprint density at radius 3 is 2.85 bits per heavy atom. The molecule has 0 radical (unpaired) electrons. The fourth-order valence-corrected chi connectivity index (χ4v) is 3.28. The number of nitrogens with zero attached hydrogens (tertiary/aromatic N) is 1. The molecule has 1 amide bonds. The Labute approximate surface area is 127 Å². The van der Waals surface area contributed by atoms with Crippen LogP contribution in [-0.4, -0.2) is 23.4 Å². The summed E-state index contributed by atoms with van der Waals surface area (Å²) in [6, 6.07) is 5.58. The monoisotopic (exact) mass is 308 g/mol. The molecule has 0 bridgehead atoms. The Kier molecular flexibility index (Phi) is 4.35. The Balaban J connectivity index is 2.49. The van der Waals surface area contributed by atoms with E-state index in [0.717, 1.165) is 10.1 Å². The fraction of sp³-hybridized carbons (Fsp3) is 0.267. The number of carbonyl (C=O) groups excluding carboxylic acids is 1. The van der Waals surface area contributed by atoms with Gasteiger partial charge in [0.25, 0.3) is 5.91 Å². The molecule has 106 valence electrons. The van der Waals surface area contributed by atoms with E-state index < -0.39 is 0 Å². The van der Waals surface area contributed by atoms with Crippen molar-refractivity contribution in [2.45, 2.75) is 19.9 Å². The van der Waals surface area contributed by atoms with E-state index >= 15 is 0 Å². The molecular weight excluding hydrogens is 292 g/mol. The van der Waals surface area contributed by atoms with Crippen LogP contribution in [0.4, 0.5) is 5.69 Å². The van der Waals surface area contributed by atoms with E-state index in [2.05, 4.69) is 6.58 Å². The van der Waals surface area contributed by atoms with Crippen LogP contribution in [0.25, 0.3) is 10.1 Å². The molecule has 3 nitrogen and oxygen atoms in total. The van der Waals surface area contributed by atoms with Gasteiger partial charge in [-0.3, -0.25) is 4.79 Å². The summed E-state index contributed by atoms with van der Waals surface area (Å²) in [6.07, 6.45) is 1.72. The highest BCUT2D eigenvalue weighted by Crippen LogP contribution is 2.36. The number of thiophene rings is 1. The zero-order chi connectivity index (χ0) is 14.9. The van der Waals surface area contributed by atoms with Crippen LogP contribution >= 0.6 is 22.9 Å². The number of anilines is 1. The molecule has 0 fully saturated rings. The molecule has 1 aromatic heterocycles. The minimum Gasteiger partial charge on any atom is -0.397 e. The molecule has 0 aliphatic carbocycles. The predicted octanol–water partition coefficient (Wildman–Crippen LogP) is 4.17. The number of fused-ring (bicyclic) bond motifs is 1. The van der Waals surface area contributed by atoms with Gasteiger partial charge < -0.3 is 10.6 Å². The van der Waals surface area contributed by atoms with Crippen molar-refractivity contribution in [3.63, 3.8) is 0 Å². The van der Waals surface area contributed by atoms with Crippen LogP contribution in [0.2, 0.25) is 5.02 Å². The SMILES string of the molecule is C=CCN(C(=O)c1sc2ccc(Cl)cc2c1N)C(C)C. The molecule has 1 aromatic carbocycles. The second-order valence-corrected chi connectivity index (χ2v) is 6.31. The second-order valence-electron chi connectivity index (χ2n) is 4.83. The van der Waals surface area contributed by atoms with E-state index in [4.69, 9.17) is 17.3 Å². The largest absolute Gasteiger partial charge is 0.397 e. The number of halogens is 1. The predicted molar refractivity (Wildman–Crippen MR) is 87.6 cm³/mol. The third kappa shape index (κ3) is 2.67. The third-order valence-electron chi connectivity index (χ3n) is 3.09. The number of carbonyl (C=O) groups is 1. The molecule has 0 saturated heterocycles. The third-order valence-corrected chi connectivity index (χ3v) is 4.50. The minimum absolute atomic E-state index is 0.0604. The summed E-state index contributed by atoms with van der Waals surface area (Å²) in [5, 5.41) is 1.46. The van der Waals surface area contributed by atoms with Crippen molar-refractivity contribution in [3.8, 4) is 0 Å². The summed E-state index contributed by atoms with van der Waals surface area (Å²) in [5.74, 6) is -0.0604. The maximum atomic E-state index is 12.6. The standard InChI is InChI=1S/C15H17ClN2OS/c1-4-7-18(9(2)3)15(19)14-13(17)11-8-10(16)5-6-12(11)20-14/h4-6,8-9H,1,7,17H2,2-3H3. The van der Waals surface area contributed by atoms with Crippen molar-refractivity contribution in [2.24, 2.45) is 0 Å². The van der Waals surface area contributed by atoms with Crippen LogP contribution in [0.15, 0.2) is 30.9 Å². The number of nitrogen functional groups attached to an aromatic ring is 1. The van der Waals surface area contributed by atoms with Crippen LogP contribution in [0.1, 0.15) is 23.5 Å². The van der Waals surface area contributed by atoms with Gasteiger partial charge in [0.1, 0.15) is 4.88 Å². The lowest BCUT2D eigenvalue weighted by Gasteiger charge is -2.24. The number of hydrogen-bond acceptors (Lipinski definition) is 3. The minimum atomic E-state index is -0.0604. The van der Waals surface area contributed by atoms with Gasteiger partial charge in [-0.05, 0) is 32.0 Å². The van der Waals surface area contributed by atoms with Crippen molar-refractivity contribution in [1.82, 2.24) is 4.90 Å². The molecule has 20 heavy (non-hydrogen) atoms. The topological polar surface area (TPSA) is 46.3 Å². The first-order valence-electron chi connectivity index (χ1n) is 6.35. The van der Waals surface area contributed by atoms with E-state index in [1.807, 2.05) is 19.9 Å². The quantitative estimate of drug-likeness (QED) is 0.862. The molecule has 1 heterocycles. The van der Waals surface area contributed by atoms with Gasteiger partial charge in [-0.15, -0.1) is 17.9 Å². The van der Waals surface area contributed by atoms with Gasteiger partial charge in [-0.25, -0.2) is 0 Å². The van der Waals surface area contributed by atoms with Gasteiger partial charge in [0.15, 0.2) is 0 Å². The van der Waals surface area contributed by atoms with Crippen molar-refractivity contribution < 1.29 is 4.79 Å². The van der Waals surface area contributed by atoms with Gasteiger partial charge in [0.2, 0.25) is 0 Å². The van der Waals surface area contributed by atoms with E-state index in [-0.39, 0.29) is 11.9 Å². The summed E-state index contributed by atoms with van der Waals surface area (Å²) in [7, 11) is 0. The first-order chi connectivity index (χ1) is 9.45. The van der Waals surface area contributed by atoms with E-state index in [9.17, 15) is 4.79 Å². The molecule has 0 aliphatic heterocycles. The van der Waals surface area contributed by atoms with Crippen molar-refractivity contribution in [1.29, 1.82) is 0 Å². The lowest BCUT2D eigenvalue weighted by molar-refractivity contribution is 0.0735. The first-order valence-corrected chi connectivity index (χ1v) is 7.54. The molecule has 0 unspecified atom stereocenters. The zero-order valence-electron chi connectivity index (χ0n) is 11.5. The Morgan fingerprint density at radius 2 is 2.25 bits per heavy atom. The number of rotatable bonds is 4. The molecule has 2 rings (SSSR count). The summed E-state index contributed by atoms with van der Waals surface area (Å²) < 4.78 is 0.970. The van der Waals surface area contributed by atoms with Gasteiger partial charge in [-0.2, -0.15) is 0 Å². The summed E-state index contributed by atoms with van der Waals surface area (Å²) in [4.78, 5) is 14.9. The lowest BCUT2D eigenvalue weighted by atomic mass is 10.2. The number of hydrogen-bond donors (Lipinski definition) is 1. The Bertz CT molecular complexity index is 663.